The predicted octanol–water partition coefficient (Wildman–Crippen LogP) is 6.74. The number of nitrogens with one attached hydrogen (secondary N) is 2. The number of hydrogen-bond donors (Lipinski definition) is 2. The molecule has 1 aromatic heterocycles. The molecule has 0 unspecified atom stereocenters. The number of amides is 2. The first kappa shape index (κ1) is 30.3. The molecule has 0 saturated carbocycles. The van der Waals surface area contributed by atoms with Crippen LogP contribution in [0.3, 0.4) is 0 Å². The van der Waals surface area contributed by atoms with Crippen molar-refractivity contribution in [3.8, 4) is 17.2 Å². The molecule has 0 saturated heterocycles. The Labute approximate surface area is 246 Å². The summed E-state index contributed by atoms with van der Waals surface area (Å²) in [5.74, 6) is 1.55. The van der Waals surface area contributed by atoms with Gasteiger partial charge in [0.1, 0.15) is 17.2 Å². The van der Waals surface area contributed by atoms with Crippen molar-refractivity contribution in [2.45, 2.75) is 25.2 Å². The third-order valence-corrected chi connectivity index (χ3v) is 7.64. The standard InChI is InChI=1S/C31H33N5O5S/c1-5-36(6-2)17-8-18-40-30-21-27-26(20-28(30)32-3)29(15-16-33-27)41-24-13-11-22(12-14-24)34-31(37)35-23-9-7-10-25(19-23)42(4,38)39/h7,9-16,19-21H,5-6,8,17-18H2,1-2,4H3,(H2,34,35,37). The number of rotatable bonds is 12. The van der Waals surface area contributed by atoms with Crippen molar-refractivity contribution in [3.05, 3.63) is 84.3 Å². The van der Waals surface area contributed by atoms with Crippen LogP contribution >= 0.6 is 0 Å². The average molecular weight is 588 g/mol. The van der Waals surface area contributed by atoms with Crippen LogP contribution in [0.15, 0.2) is 77.8 Å². The van der Waals surface area contributed by atoms with Crippen LogP contribution in [0, 0.1) is 6.57 Å². The molecule has 11 heteroatoms. The van der Waals surface area contributed by atoms with Crippen molar-refractivity contribution >= 4 is 43.8 Å². The van der Waals surface area contributed by atoms with Gasteiger partial charge in [-0.25, -0.2) is 18.1 Å². The first-order valence-electron chi connectivity index (χ1n) is 13.5. The molecule has 0 spiro atoms. The molecule has 218 valence electrons. The van der Waals surface area contributed by atoms with Crippen molar-refractivity contribution in [1.29, 1.82) is 0 Å². The van der Waals surface area contributed by atoms with E-state index in [4.69, 9.17) is 16.0 Å². The van der Waals surface area contributed by atoms with E-state index in [1.54, 1.807) is 60.8 Å². The lowest BCUT2D eigenvalue weighted by atomic mass is 10.1. The second-order valence-corrected chi connectivity index (χ2v) is 11.5. The van der Waals surface area contributed by atoms with Gasteiger partial charge in [0.2, 0.25) is 5.69 Å². The number of sulfone groups is 1. The highest BCUT2D eigenvalue weighted by atomic mass is 32.2. The lowest BCUT2D eigenvalue weighted by Gasteiger charge is -2.18. The molecule has 0 aliphatic rings. The highest BCUT2D eigenvalue weighted by Gasteiger charge is 2.13. The van der Waals surface area contributed by atoms with Gasteiger partial charge in [-0.05, 0) is 80.2 Å². The maximum atomic E-state index is 12.4. The van der Waals surface area contributed by atoms with Crippen molar-refractivity contribution in [2.75, 3.05) is 43.1 Å². The zero-order valence-electron chi connectivity index (χ0n) is 23.8. The average Bonchev–Trinajstić information content (AvgIpc) is 2.97. The molecule has 2 N–H and O–H groups in total. The number of carbonyl (C=O) groups is 1. The quantitative estimate of drug-likeness (QED) is 0.139. The molecule has 4 rings (SSSR count). The number of ether oxygens (including phenoxy) is 2. The number of urea groups is 1. The zero-order valence-corrected chi connectivity index (χ0v) is 24.6. The summed E-state index contributed by atoms with van der Waals surface area (Å²) in [4.78, 5) is 23.0. The van der Waals surface area contributed by atoms with Crippen LogP contribution in [0.5, 0.6) is 17.2 Å². The normalized spacial score (nSPS) is 11.2. The predicted molar refractivity (Wildman–Crippen MR) is 165 cm³/mol. The number of pyridine rings is 1. The topological polar surface area (TPSA) is 114 Å². The largest absolute Gasteiger partial charge is 0.504 e. The van der Waals surface area contributed by atoms with E-state index in [-0.39, 0.29) is 4.90 Å². The maximum absolute atomic E-state index is 12.4. The summed E-state index contributed by atoms with van der Waals surface area (Å²) in [5.41, 5.74) is 1.90. The molecule has 1 heterocycles. The van der Waals surface area contributed by atoms with Gasteiger partial charge < -0.3 is 25.0 Å². The van der Waals surface area contributed by atoms with E-state index in [2.05, 4.69) is 39.2 Å². The molecule has 0 fully saturated rings. The van der Waals surface area contributed by atoms with Crippen molar-refractivity contribution in [2.24, 2.45) is 0 Å². The number of carbonyl (C=O) groups excluding carboxylic acids is 1. The van der Waals surface area contributed by atoms with Crippen LogP contribution < -0.4 is 20.1 Å². The lowest BCUT2D eigenvalue weighted by molar-refractivity contribution is 0.250. The summed E-state index contributed by atoms with van der Waals surface area (Å²) in [7, 11) is -3.39. The summed E-state index contributed by atoms with van der Waals surface area (Å²) < 4.78 is 35.6. The van der Waals surface area contributed by atoms with Gasteiger partial charge in [-0.15, -0.1) is 0 Å². The van der Waals surface area contributed by atoms with Crippen molar-refractivity contribution < 1.29 is 22.7 Å². The molecule has 0 aliphatic heterocycles. The molecule has 0 bridgehead atoms. The summed E-state index contributed by atoms with van der Waals surface area (Å²) in [6, 6.07) is 17.5. The Morgan fingerprint density at radius 3 is 2.40 bits per heavy atom. The second kappa shape index (κ2) is 13.8. The summed E-state index contributed by atoms with van der Waals surface area (Å²) in [6.07, 6.45) is 3.60. The number of benzene rings is 3. The van der Waals surface area contributed by atoms with E-state index in [9.17, 15) is 13.2 Å². The van der Waals surface area contributed by atoms with Gasteiger partial charge in [0, 0.05) is 35.8 Å². The van der Waals surface area contributed by atoms with Gasteiger partial charge in [0.25, 0.3) is 0 Å². The fraction of sp³-hybridized carbons (Fsp3) is 0.258. The lowest BCUT2D eigenvalue weighted by Crippen LogP contribution is -2.25. The molecule has 10 nitrogen and oxygen atoms in total. The van der Waals surface area contributed by atoms with Crippen LogP contribution in [-0.4, -0.2) is 56.8 Å². The van der Waals surface area contributed by atoms with Crippen LogP contribution in [-0.2, 0) is 9.84 Å². The molecule has 0 radical (unpaired) electrons. The molecule has 0 aliphatic carbocycles. The molecule has 0 atom stereocenters. The monoisotopic (exact) mass is 587 g/mol. The Kier molecular flexibility index (Phi) is 9.96. The van der Waals surface area contributed by atoms with Gasteiger partial charge in [0.05, 0.1) is 23.6 Å². The SMILES string of the molecule is [C-]#[N+]c1cc2c(Oc3ccc(NC(=O)Nc4cccc(S(C)(=O)=O)c4)cc3)ccnc2cc1OCCCN(CC)CC. The molecule has 42 heavy (non-hydrogen) atoms. The zero-order chi connectivity index (χ0) is 30.1. The van der Waals surface area contributed by atoms with Crippen molar-refractivity contribution in [1.82, 2.24) is 9.88 Å². The minimum Gasteiger partial charge on any atom is -0.504 e. The van der Waals surface area contributed by atoms with Crippen molar-refractivity contribution in [3.63, 3.8) is 0 Å². The number of anilines is 2. The highest BCUT2D eigenvalue weighted by molar-refractivity contribution is 7.90. The Bertz CT molecular complexity index is 1700. The van der Waals surface area contributed by atoms with E-state index in [0.29, 0.717) is 51.8 Å². The Hall–Kier alpha value is -4.66. The summed E-state index contributed by atoms with van der Waals surface area (Å²) in [5, 5.41) is 6.02. The van der Waals surface area contributed by atoms with E-state index in [0.717, 1.165) is 32.3 Å². The Balaban J connectivity index is 1.41. The minimum absolute atomic E-state index is 0.114. The molecular weight excluding hydrogens is 554 g/mol. The number of fused-ring (bicyclic) bond motifs is 1. The molecule has 3 aromatic carbocycles. The van der Waals surface area contributed by atoms with Gasteiger partial charge >= 0.3 is 6.03 Å². The molecule has 4 aromatic rings. The Morgan fingerprint density at radius 2 is 1.71 bits per heavy atom. The third-order valence-electron chi connectivity index (χ3n) is 6.53. The molecular formula is C31H33N5O5S. The molecule has 2 amide bonds. The van der Waals surface area contributed by atoms with Gasteiger partial charge in [-0.2, -0.15) is 0 Å². The number of hydrogen-bond acceptors (Lipinski definition) is 7. The Morgan fingerprint density at radius 1 is 0.976 bits per heavy atom. The van der Waals surface area contributed by atoms with E-state index >= 15 is 0 Å². The van der Waals surface area contributed by atoms with Gasteiger partial charge in [-0.3, -0.25) is 4.98 Å². The first-order chi connectivity index (χ1) is 20.2. The van der Waals surface area contributed by atoms with E-state index in [1.165, 1.54) is 12.1 Å². The minimum atomic E-state index is -3.39. The van der Waals surface area contributed by atoms with Crippen LogP contribution in [0.4, 0.5) is 21.9 Å². The maximum Gasteiger partial charge on any atom is 0.323 e. The summed E-state index contributed by atoms with van der Waals surface area (Å²) >= 11 is 0. The highest BCUT2D eigenvalue weighted by Crippen LogP contribution is 2.37. The van der Waals surface area contributed by atoms with Gasteiger partial charge in [0.15, 0.2) is 9.84 Å². The van der Waals surface area contributed by atoms with Crippen LogP contribution in [0.25, 0.3) is 15.7 Å². The summed E-state index contributed by atoms with van der Waals surface area (Å²) in [6.45, 7) is 15.3. The van der Waals surface area contributed by atoms with Crippen LogP contribution in [0.2, 0.25) is 0 Å². The van der Waals surface area contributed by atoms with Crippen LogP contribution in [0.1, 0.15) is 20.3 Å². The second-order valence-electron chi connectivity index (χ2n) is 9.49. The fourth-order valence-electron chi connectivity index (χ4n) is 4.27. The third kappa shape index (κ3) is 7.96. The number of nitrogens with zero attached hydrogens (tertiary/aromatic N) is 3. The van der Waals surface area contributed by atoms with E-state index in [1.807, 2.05) is 0 Å². The van der Waals surface area contributed by atoms with Gasteiger partial charge in [-0.1, -0.05) is 19.9 Å². The van der Waals surface area contributed by atoms with E-state index < -0.39 is 15.9 Å². The smallest absolute Gasteiger partial charge is 0.323 e. The fourth-order valence-corrected chi connectivity index (χ4v) is 4.94. The first-order valence-corrected chi connectivity index (χ1v) is 15.4. The number of aromatic nitrogens is 1.